The topological polar surface area (TPSA) is 74.7 Å². The number of aromatic nitrogens is 1. The molecule has 1 aliphatic heterocycles. The van der Waals surface area contributed by atoms with Crippen LogP contribution in [0.2, 0.25) is 0 Å². The third-order valence-electron chi connectivity index (χ3n) is 4.85. The van der Waals surface area contributed by atoms with Gasteiger partial charge in [0.1, 0.15) is 6.61 Å². The highest BCUT2D eigenvalue weighted by molar-refractivity contribution is 7.10. The summed E-state index contributed by atoms with van der Waals surface area (Å²) in [6.45, 7) is 3.26. The highest BCUT2D eigenvalue weighted by Gasteiger charge is 2.46. The molecule has 140 valence electrons. The highest BCUT2D eigenvalue weighted by atomic mass is 32.1. The number of amides is 1. The second-order valence-electron chi connectivity index (χ2n) is 6.87. The first-order valence-electron chi connectivity index (χ1n) is 8.68. The van der Waals surface area contributed by atoms with Crippen molar-refractivity contribution in [3.05, 3.63) is 52.5 Å². The van der Waals surface area contributed by atoms with E-state index in [2.05, 4.69) is 21.3 Å². The monoisotopic (exact) mass is 375 g/mol. The van der Waals surface area contributed by atoms with Crippen LogP contribution in [0, 0.1) is 0 Å². The third-order valence-corrected chi connectivity index (χ3v) is 5.79. The summed E-state index contributed by atoms with van der Waals surface area (Å²) in [7, 11) is 1.49. The Balaban J connectivity index is 1.90. The molecule has 0 spiro atoms. The molecular formula is C19H25N3O3S. The molecule has 1 amide bonds. The Kier molecular flexibility index (Phi) is 6.03. The van der Waals surface area contributed by atoms with Crippen LogP contribution in [0.1, 0.15) is 29.8 Å². The standard InChI is InChI=1S/C19H25N3O3S/c1-19(24)7-10-22(12-14-5-8-20-9-6-14)17(15-4-3-11-26-15)18(19)21-16(23)13-25-2/h3-6,8-9,11,17-18,24H,7,10,12-13H2,1-2H3,(H,21,23)/t17-,18-,19+/m0/s1. The molecule has 3 heterocycles. The molecule has 0 aromatic carbocycles. The van der Waals surface area contributed by atoms with Gasteiger partial charge in [-0.2, -0.15) is 0 Å². The lowest BCUT2D eigenvalue weighted by Crippen LogP contribution is -2.62. The van der Waals surface area contributed by atoms with Gasteiger partial charge in [0.25, 0.3) is 0 Å². The van der Waals surface area contributed by atoms with Gasteiger partial charge in [-0.15, -0.1) is 11.3 Å². The molecular weight excluding hydrogens is 350 g/mol. The van der Waals surface area contributed by atoms with Crippen molar-refractivity contribution in [2.24, 2.45) is 0 Å². The summed E-state index contributed by atoms with van der Waals surface area (Å²) in [6, 6.07) is 7.54. The summed E-state index contributed by atoms with van der Waals surface area (Å²) in [5.41, 5.74) is 0.164. The van der Waals surface area contributed by atoms with Gasteiger partial charge in [-0.3, -0.25) is 14.7 Å². The predicted molar refractivity (Wildman–Crippen MR) is 101 cm³/mol. The Morgan fingerprint density at radius 1 is 1.46 bits per heavy atom. The quantitative estimate of drug-likeness (QED) is 0.807. The van der Waals surface area contributed by atoms with Crippen molar-refractivity contribution in [2.45, 2.75) is 37.6 Å². The fourth-order valence-electron chi connectivity index (χ4n) is 3.50. The zero-order valence-corrected chi connectivity index (χ0v) is 15.9. The minimum Gasteiger partial charge on any atom is -0.388 e. The largest absolute Gasteiger partial charge is 0.388 e. The highest BCUT2D eigenvalue weighted by Crippen LogP contribution is 2.39. The van der Waals surface area contributed by atoms with E-state index in [1.165, 1.54) is 7.11 Å². The van der Waals surface area contributed by atoms with Crippen LogP contribution in [-0.4, -0.2) is 52.8 Å². The van der Waals surface area contributed by atoms with Crippen LogP contribution >= 0.6 is 11.3 Å². The minimum atomic E-state index is -0.993. The maximum atomic E-state index is 12.2. The fraction of sp³-hybridized carbons (Fsp3) is 0.474. The normalized spacial score (nSPS) is 26.6. The van der Waals surface area contributed by atoms with Crippen molar-refractivity contribution in [2.75, 3.05) is 20.3 Å². The number of hydrogen-bond acceptors (Lipinski definition) is 6. The van der Waals surface area contributed by atoms with Gasteiger partial charge in [-0.25, -0.2) is 0 Å². The first-order valence-corrected chi connectivity index (χ1v) is 9.56. The van der Waals surface area contributed by atoms with Gasteiger partial charge in [-0.05, 0) is 42.5 Å². The van der Waals surface area contributed by atoms with Gasteiger partial charge in [0.15, 0.2) is 0 Å². The summed E-state index contributed by atoms with van der Waals surface area (Å²) < 4.78 is 4.95. The zero-order chi connectivity index (χ0) is 18.6. The third kappa shape index (κ3) is 4.29. The van der Waals surface area contributed by atoms with Gasteiger partial charge in [-0.1, -0.05) is 6.07 Å². The number of nitrogens with zero attached hydrogens (tertiary/aromatic N) is 2. The molecule has 1 saturated heterocycles. The maximum absolute atomic E-state index is 12.2. The number of carbonyl (C=O) groups is 1. The number of piperidine rings is 1. The van der Waals surface area contributed by atoms with Crippen LogP contribution in [0.3, 0.4) is 0 Å². The zero-order valence-electron chi connectivity index (χ0n) is 15.1. The molecule has 3 rings (SSSR count). The second-order valence-corrected chi connectivity index (χ2v) is 7.85. The number of hydrogen-bond donors (Lipinski definition) is 2. The van der Waals surface area contributed by atoms with Crippen LogP contribution in [-0.2, 0) is 16.1 Å². The molecule has 6 nitrogen and oxygen atoms in total. The number of thiophene rings is 1. The van der Waals surface area contributed by atoms with E-state index in [1.54, 1.807) is 30.7 Å². The lowest BCUT2D eigenvalue weighted by atomic mass is 9.81. The van der Waals surface area contributed by atoms with E-state index >= 15 is 0 Å². The maximum Gasteiger partial charge on any atom is 0.246 e. The summed E-state index contributed by atoms with van der Waals surface area (Å²) >= 11 is 1.64. The number of pyridine rings is 1. The average molecular weight is 375 g/mol. The molecule has 2 aromatic heterocycles. The van der Waals surface area contributed by atoms with E-state index in [4.69, 9.17) is 4.74 Å². The predicted octanol–water partition coefficient (Wildman–Crippen LogP) is 1.97. The molecule has 1 aliphatic rings. The fourth-order valence-corrected chi connectivity index (χ4v) is 4.40. The Hall–Kier alpha value is -1.80. The molecule has 26 heavy (non-hydrogen) atoms. The van der Waals surface area contributed by atoms with E-state index in [0.717, 1.165) is 23.5 Å². The Morgan fingerprint density at radius 3 is 2.88 bits per heavy atom. The summed E-state index contributed by atoms with van der Waals surface area (Å²) in [4.78, 5) is 19.7. The molecule has 1 fully saturated rings. The Bertz CT molecular complexity index is 706. The number of methoxy groups -OCH3 is 1. The number of ether oxygens (including phenoxy) is 1. The number of rotatable bonds is 6. The summed E-state index contributed by atoms with van der Waals surface area (Å²) in [5.74, 6) is -0.218. The van der Waals surface area contributed by atoms with Crippen molar-refractivity contribution in [1.29, 1.82) is 0 Å². The summed E-state index contributed by atoms with van der Waals surface area (Å²) in [6.07, 6.45) is 4.15. The van der Waals surface area contributed by atoms with E-state index in [-0.39, 0.29) is 18.6 Å². The van der Waals surface area contributed by atoms with Crippen LogP contribution < -0.4 is 5.32 Å². The minimum absolute atomic E-state index is 0.0197. The van der Waals surface area contributed by atoms with E-state index < -0.39 is 11.6 Å². The van der Waals surface area contributed by atoms with Crippen molar-refractivity contribution in [3.63, 3.8) is 0 Å². The van der Waals surface area contributed by atoms with Gasteiger partial charge in [0, 0.05) is 37.5 Å². The van der Waals surface area contributed by atoms with Crippen molar-refractivity contribution in [3.8, 4) is 0 Å². The lowest BCUT2D eigenvalue weighted by Gasteiger charge is -2.48. The van der Waals surface area contributed by atoms with Crippen molar-refractivity contribution < 1.29 is 14.6 Å². The number of nitrogens with one attached hydrogen (secondary N) is 1. The van der Waals surface area contributed by atoms with Crippen LogP contribution in [0.15, 0.2) is 42.0 Å². The average Bonchev–Trinajstić information content (AvgIpc) is 3.13. The molecule has 7 heteroatoms. The van der Waals surface area contributed by atoms with Crippen LogP contribution in [0.4, 0.5) is 0 Å². The van der Waals surface area contributed by atoms with Gasteiger partial charge < -0.3 is 15.2 Å². The van der Waals surface area contributed by atoms with Crippen LogP contribution in [0.25, 0.3) is 0 Å². The smallest absolute Gasteiger partial charge is 0.246 e. The van der Waals surface area contributed by atoms with Crippen molar-refractivity contribution in [1.82, 2.24) is 15.2 Å². The number of likely N-dealkylation sites (tertiary alicyclic amines) is 1. The van der Waals surface area contributed by atoms with E-state index in [0.29, 0.717) is 6.42 Å². The first-order chi connectivity index (χ1) is 12.5. The number of aliphatic hydroxyl groups is 1. The molecule has 3 atom stereocenters. The molecule has 0 saturated carbocycles. The Morgan fingerprint density at radius 2 is 2.23 bits per heavy atom. The molecule has 0 radical (unpaired) electrons. The summed E-state index contributed by atoms with van der Waals surface area (Å²) in [5, 5.41) is 16.0. The van der Waals surface area contributed by atoms with Gasteiger partial charge in [0.2, 0.25) is 5.91 Å². The van der Waals surface area contributed by atoms with Gasteiger partial charge >= 0.3 is 0 Å². The van der Waals surface area contributed by atoms with Crippen LogP contribution in [0.5, 0.6) is 0 Å². The molecule has 0 aliphatic carbocycles. The van der Waals surface area contributed by atoms with Gasteiger partial charge in [0.05, 0.1) is 17.7 Å². The SMILES string of the molecule is COCC(=O)N[C@H]1[C@H](c2cccs2)N(Cc2ccncc2)CC[C@@]1(C)O. The number of carbonyl (C=O) groups excluding carboxylic acids is 1. The van der Waals surface area contributed by atoms with E-state index in [9.17, 15) is 9.90 Å². The Labute approximate surface area is 157 Å². The molecule has 0 bridgehead atoms. The van der Waals surface area contributed by atoms with Crippen molar-refractivity contribution >= 4 is 17.2 Å². The second kappa shape index (κ2) is 8.26. The lowest BCUT2D eigenvalue weighted by molar-refractivity contribution is -0.132. The van der Waals surface area contributed by atoms with E-state index in [1.807, 2.05) is 23.6 Å². The molecule has 2 aromatic rings. The molecule has 2 N–H and O–H groups in total. The first kappa shape index (κ1) is 19.0. The molecule has 0 unspecified atom stereocenters.